The number of amides is 1. The average molecular weight is 417 g/mol. The van der Waals surface area contributed by atoms with Crippen LogP contribution in [0.2, 0.25) is 0 Å². The van der Waals surface area contributed by atoms with Gasteiger partial charge in [-0.2, -0.15) is 0 Å². The second kappa shape index (κ2) is 7.99. The molecule has 2 aromatic rings. The summed E-state index contributed by atoms with van der Waals surface area (Å²) in [7, 11) is 0. The van der Waals surface area contributed by atoms with Gasteiger partial charge in [-0.05, 0) is 37.0 Å². The van der Waals surface area contributed by atoms with Crippen LogP contribution in [0.1, 0.15) is 36.2 Å². The summed E-state index contributed by atoms with van der Waals surface area (Å²) in [5.74, 6) is -0.105. The van der Waals surface area contributed by atoms with Crippen LogP contribution < -0.4 is 5.56 Å². The van der Waals surface area contributed by atoms with Crippen molar-refractivity contribution in [1.82, 2.24) is 9.47 Å². The van der Waals surface area contributed by atoms with Gasteiger partial charge in [-0.25, -0.2) is 0 Å². The molecule has 0 aliphatic carbocycles. The lowest BCUT2D eigenvalue weighted by Gasteiger charge is -2.33. The lowest BCUT2D eigenvalue weighted by atomic mass is 9.97. The summed E-state index contributed by atoms with van der Waals surface area (Å²) < 4.78 is 2.09. The van der Waals surface area contributed by atoms with Gasteiger partial charge in [-0.1, -0.05) is 41.1 Å². The van der Waals surface area contributed by atoms with Crippen molar-refractivity contribution in [3.05, 3.63) is 69.1 Å². The quantitative estimate of drug-likeness (QED) is 0.567. The lowest BCUT2D eigenvalue weighted by molar-refractivity contribution is -0.134. The number of ketones is 1. The highest BCUT2D eigenvalue weighted by Crippen LogP contribution is 2.22. The molecule has 26 heavy (non-hydrogen) atoms. The van der Waals surface area contributed by atoms with E-state index < -0.39 is 6.04 Å². The first-order valence-electron chi connectivity index (χ1n) is 8.73. The first-order chi connectivity index (χ1) is 12.5. The molecule has 1 saturated heterocycles. The first-order valence-corrected chi connectivity index (χ1v) is 9.52. The Hall–Kier alpha value is -2.21. The molecule has 0 N–H and O–H groups in total. The number of likely N-dealkylation sites (tertiary alicyclic amines) is 1. The van der Waals surface area contributed by atoms with Crippen LogP contribution in [0.15, 0.2) is 57.9 Å². The van der Waals surface area contributed by atoms with Crippen LogP contribution in [0.4, 0.5) is 0 Å². The molecule has 1 aliphatic heterocycles. The summed E-state index contributed by atoms with van der Waals surface area (Å²) in [4.78, 5) is 40.3. The largest absolute Gasteiger partial charge is 0.340 e. The fraction of sp³-hybridized carbons (Fsp3) is 0.350. The monoisotopic (exact) mass is 416 g/mol. The van der Waals surface area contributed by atoms with E-state index in [0.29, 0.717) is 24.6 Å². The smallest absolute Gasteiger partial charge is 0.253 e. The minimum Gasteiger partial charge on any atom is -0.340 e. The molecule has 1 aromatic carbocycles. The van der Waals surface area contributed by atoms with Crippen LogP contribution in [0.5, 0.6) is 0 Å². The lowest BCUT2D eigenvalue weighted by Crippen LogP contribution is -2.46. The van der Waals surface area contributed by atoms with Gasteiger partial charge in [-0.3, -0.25) is 19.0 Å². The highest BCUT2D eigenvalue weighted by molar-refractivity contribution is 9.10. The highest BCUT2D eigenvalue weighted by Gasteiger charge is 2.34. The van der Waals surface area contributed by atoms with Gasteiger partial charge in [0.2, 0.25) is 0 Å². The second-order valence-electron chi connectivity index (χ2n) is 6.73. The van der Waals surface area contributed by atoms with E-state index >= 15 is 0 Å². The standard InChI is InChI=1S/C20H21BrN2O3/c1-14-9-12-22(13-10-14)20(26)18(23-11-3-2-4-17(23)24)19(25)15-5-7-16(21)8-6-15/h2-8,11,14,18H,9-10,12-13H2,1H3. The molecule has 3 rings (SSSR count). The Kier molecular flexibility index (Phi) is 5.71. The first kappa shape index (κ1) is 18.6. The number of pyridine rings is 1. The van der Waals surface area contributed by atoms with Crippen molar-refractivity contribution >= 4 is 27.6 Å². The van der Waals surface area contributed by atoms with E-state index in [2.05, 4.69) is 22.9 Å². The minimum absolute atomic E-state index is 0.307. The molecule has 0 radical (unpaired) electrons. The van der Waals surface area contributed by atoms with Gasteiger partial charge in [0, 0.05) is 35.4 Å². The van der Waals surface area contributed by atoms with E-state index in [0.717, 1.165) is 17.3 Å². The number of carbonyl (C=O) groups excluding carboxylic acids is 2. The van der Waals surface area contributed by atoms with Crippen molar-refractivity contribution < 1.29 is 9.59 Å². The van der Waals surface area contributed by atoms with Gasteiger partial charge in [-0.15, -0.1) is 0 Å². The molecule has 0 saturated carbocycles. The molecule has 2 heterocycles. The number of benzene rings is 1. The predicted octanol–water partition coefficient (Wildman–Crippen LogP) is 3.29. The Balaban J connectivity index is 1.98. The van der Waals surface area contributed by atoms with Crippen LogP contribution in [0, 0.1) is 5.92 Å². The fourth-order valence-corrected chi connectivity index (χ4v) is 3.45. The third kappa shape index (κ3) is 3.96. The number of hydrogen-bond acceptors (Lipinski definition) is 3. The zero-order valence-electron chi connectivity index (χ0n) is 14.6. The molecule has 1 aromatic heterocycles. The molecule has 1 unspecified atom stereocenters. The number of piperidine rings is 1. The molecule has 1 amide bonds. The summed E-state index contributed by atoms with van der Waals surface area (Å²) in [6, 6.07) is 10.3. The summed E-state index contributed by atoms with van der Waals surface area (Å²) in [5, 5.41) is 0. The topological polar surface area (TPSA) is 59.4 Å². The maximum atomic E-state index is 13.2. The van der Waals surface area contributed by atoms with Gasteiger partial charge >= 0.3 is 0 Å². The van der Waals surface area contributed by atoms with E-state index in [1.807, 2.05) is 0 Å². The minimum atomic E-state index is -1.17. The molecule has 0 spiro atoms. The molecule has 1 aliphatic rings. The number of hydrogen-bond donors (Lipinski definition) is 0. The summed E-state index contributed by atoms with van der Waals surface area (Å²) in [6.45, 7) is 3.39. The SMILES string of the molecule is CC1CCN(C(=O)C(C(=O)c2ccc(Br)cc2)n2ccccc2=O)CC1. The van der Waals surface area contributed by atoms with Crippen molar-refractivity contribution in [2.75, 3.05) is 13.1 Å². The molecule has 1 atom stereocenters. The molecule has 0 bridgehead atoms. The third-order valence-corrected chi connectivity index (χ3v) is 5.36. The Labute approximate surface area is 160 Å². The second-order valence-corrected chi connectivity index (χ2v) is 7.64. The van der Waals surface area contributed by atoms with Crippen LogP contribution in [0.25, 0.3) is 0 Å². The molecular weight excluding hydrogens is 396 g/mol. The normalized spacial score (nSPS) is 16.3. The zero-order chi connectivity index (χ0) is 18.7. The van der Waals surface area contributed by atoms with Gasteiger partial charge in [0.15, 0.2) is 11.8 Å². The fourth-order valence-electron chi connectivity index (χ4n) is 3.18. The van der Waals surface area contributed by atoms with Crippen LogP contribution >= 0.6 is 15.9 Å². The highest BCUT2D eigenvalue weighted by atomic mass is 79.9. The van der Waals surface area contributed by atoms with E-state index in [1.165, 1.54) is 16.8 Å². The van der Waals surface area contributed by atoms with Crippen molar-refractivity contribution in [3.63, 3.8) is 0 Å². The Morgan fingerprint density at radius 1 is 1.08 bits per heavy atom. The van der Waals surface area contributed by atoms with Crippen LogP contribution in [0.3, 0.4) is 0 Å². The average Bonchev–Trinajstić information content (AvgIpc) is 2.64. The number of halogens is 1. The number of rotatable bonds is 4. The van der Waals surface area contributed by atoms with E-state index in [1.54, 1.807) is 41.3 Å². The van der Waals surface area contributed by atoms with E-state index in [-0.39, 0.29) is 17.2 Å². The van der Waals surface area contributed by atoms with E-state index in [9.17, 15) is 14.4 Å². The van der Waals surface area contributed by atoms with Crippen molar-refractivity contribution in [2.45, 2.75) is 25.8 Å². The van der Waals surface area contributed by atoms with Crippen LogP contribution in [-0.4, -0.2) is 34.2 Å². The zero-order valence-corrected chi connectivity index (χ0v) is 16.2. The Morgan fingerprint density at radius 3 is 2.35 bits per heavy atom. The number of aromatic nitrogens is 1. The van der Waals surface area contributed by atoms with Crippen molar-refractivity contribution in [2.24, 2.45) is 5.92 Å². The maximum absolute atomic E-state index is 13.2. The van der Waals surface area contributed by atoms with Crippen molar-refractivity contribution in [1.29, 1.82) is 0 Å². The molecule has 1 fully saturated rings. The molecule has 5 nitrogen and oxygen atoms in total. The number of nitrogens with zero attached hydrogens (tertiary/aromatic N) is 2. The van der Waals surface area contributed by atoms with Crippen molar-refractivity contribution in [3.8, 4) is 0 Å². The third-order valence-electron chi connectivity index (χ3n) is 4.84. The van der Waals surface area contributed by atoms with Gasteiger partial charge < -0.3 is 4.90 Å². The summed E-state index contributed by atoms with van der Waals surface area (Å²) in [6.07, 6.45) is 3.33. The van der Waals surface area contributed by atoms with E-state index in [4.69, 9.17) is 0 Å². The maximum Gasteiger partial charge on any atom is 0.253 e. The van der Waals surface area contributed by atoms with Gasteiger partial charge in [0.1, 0.15) is 0 Å². The Morgan fingerprint density at radius 2 is 1.73 bits per heavy atom. The Bertz CT molecular complexity index is 852. The molecular formula is C20H21BrN2O3. The summed E-state index contributed by atoms with van der Waals surface area (Å²) >= 11 is 3.34. The van der Waals surface area contributed by atoms with Gasteiger partial charge in [0.05, 0.1) is 0 Å². The van der Waals surface area contributed by atoms with Crippen LogP contribution in [-0.2, 0) is 4.79 Å². The number of Topliss-reactive ketones (excluding diaryl/α,β-unsaturated/α-hetero) is 1. The summed E-state index contributed by atoms with van der Waals surface area (Å²) in [5.41, 5.74) is 0.0503. The number of carbonyl (C=O) groups is 2. The molecule has 6 heteroatoms. The van der Waals surface area contributed by atoms with Gasteiger partial charge in [0.25, 0.3) is 11.5 Å². The predicted molar refractivity (Wildman–Crippen MR) is 103 cm³/mol. The molecule has 136 valence electrons.